The summed E-state index contributed by atoms with van der Waals surface area (Å²) < 4.78 is 0. The molecule has 12 heavy (non-hydrogen) atoms. The fourth-order valence-electron chi connectivity index (χ4n) is 0.321. The molecule has 0 saturated carbocycles. The van der Waals surface area contributed by atoms with Crippen LogP contribution in [-0.2, 0) is 31.5 Å². The summed E-state index contributed by atoms with van der Waals surface area (Å²) in [5.41, 5.74) is 0. The van der Waals surface area contributed by atoms with E-state index in [0.29, 0.717) is 0 Å². The normalized spacial score (nSPS) is 4.33. The van der Waals surface area contributed by atoms with Gasteiger partial charge in [0.25, 0.3) is 0 Å². The van der Waals surface area contributed by atoms with Gasteiger partial charge in [-0.25, -0.2) is 12.1 Å². The van der Waals surface area contributed by atoms with Crippen molar-refractivity contribution in [3.05, 3.63) is 30.3 Å². The molecule has 0 N–H and O–H groups in total. The first kappa shape index (κ1) is 22.4. The molecular formula is C8H8MnO3-4. The molecular weight excluding hydrogens is 199 g/mol. The van der Waals surface area contributed by atoms with E-state index in [1.165, 1.54) is 0 Å². The molecule has 3 nitrogen and oxygen atoms in total. The van der Waals surface area contributed by atoms with Gasteiger partial charge in [0.1, 0.15) is 0 Å². The van der Waals surface area contributed by atoms with E-state index in [2.05, 4.69) is 20.4 Å². The van der Waals surface area contributed by atoms with E-state index in [1.807, 2.05) is 30.3 Å². The smallest absolute Gasteiger partial charge is 0 e. The average Bonchev–Trinajstić information content (AvgIpc) is 2.71. The van der Waals surface area contributed by atoms with Gasteiger partial charge >= 0.3 is 0 Å². The number of rotatable bonds is 0. The summed E-state index contributed by atoms with van der Waals surface area (Å²) in [6.07, 6.45) is 0. The molecule has 0 aliphatic heterocycles. The Bertz CT molecular complexity index is 97.9. The molecule has 0 unspecified atom stereocenters. The quantitative estimate of drug-likeness (QED) is 0.355. The molecule has 0 aromatic heterocycles. The largest absolute Gasteiger partial charge is 0.545 e. The Morgan fingerprint density at radius 2 is 1.00 bits per heavy atom. The molecule has 1 aromatic carbocycles. The molecule has 0 fully saturated rings. The minimum Gasteiger partial charge on any atom is -0.545 e. The maximum Gasteiger partial charge on any atom is 0 e. The summed E-state index contributed by atoms with van der Waals surface area (Å²) in [6, 6.07) is 10.0. The van der Waals surface area contributed by atoms with Crippen molar-refractivity contribution in [1.29, 1.82) is 0 Å². The fourth-order valence-corrected chi connectivity index (χ4v) is 0.321. The van der Waals surface area contributed by atoms with Gasteiger partial charge in [-0.3, -0.25) is 20.4 Å². The Balaban J connectivity index is -0.0000000406. The van der Waals surface area contributed by atoms with Gasteiger partial charge in [-0.05, 0) is 0 Å². The van der Waals surface area contributed by atoms with E-state index in [-0.39, 0.29) is 17.1 Å². The molecule has 0 aliphatic rings. The van der Waals surface area contributed by atoms with Gasteiger partial charge in [0, 0.05) is 17.1 Å². The average molecular weight is 207 g/mol. The van der Waals surface area contributed by atoms with Gasteiger partial charge in [0.15, 0.2) is 0 Å². The third kappa shape index (κ3) is 36.6. The zero-order valence-corrected chi connectivity index (χ0v) is 7.40. The number of hydrogen-bond donors (Lipinski definition) is 0. The first-order valence-corrected chi connectivity index (χ1v) is 2.37. The zero-order valence-electron chi connectivity index (χ0n) is 6.22. The SMILES string of the molecule is [CH-]=O.[CH-]=O.[CH-]=O.[Mn].c1cc[cH-]c1. The molecule has 0 bridgehead atoms. The van der Waals surface area contributed by atoms with Crippen molar-refractivity contribution in [3.63, 3.8) is 0 Å². The molecule has 1 radical (unpaired) electrons. The number of carbonyl (C=O) groups excluding carboxylic acids is 3. The third-order valence-electron chi connectivity index (χ3n) is 0.556. The molecule has 0 spiro atoms. The Hall–Kier alpha value is -1.12. The van der Waals surface area contributed by atoms with E-state index in [0.717, 1.165) is 0 Å². The van der Waals surface area contributed by atoms with E-state index in [4.69, 9.17) is 14.4 Å². The Labute approximate surface area is 82.6 Å². The van der Waals surface area contributed by atoms with E-state index in [1.54, 1.807) is 0 Å². The molecule has 0 heterocycles. The summed E-state index contributed by atoms with van der Waals surface area (Å²) in [6.45, 7) is 9.75. The van der Waals surface area contributed by atoms with Crippen LogP contribution < -0.4 is 0 Å². The summed E-state index contributed by atoms with van der Waals surface area (Å²) >= 11 is 0. The van der Waals surface area contributed by atoms with Crippen molar-refractivity contribution >= 4 is 20.4 Å². The second-order valence-corrected chi connectivity index (χ2v) is 0.962. The van der Waals surface area contributed by atoms with Crippen LogP contribution >= 0.6 is 0 Å². The Morgan fingerprint density at radius 1 is 0.750 bits per heavy atom. The summed E-state index contributed by atoms with van der Waals surface area (Å²) in [5, 5.41) is 0. The third-order valence-corrected chi connectivity index (χ3v) is 0.556. The van der Waals surface area contributed by atoms with Gasteiger partial charge in [-0.2, -0.15) is 18.2 Å². The molecule has 1 aromatic rings. The van der Waals surface area contributed by atoms with Crippen LogP contribution in [0.2, 0.25) is 0 Å². The molecule has 69 valence electrons. The van der Waals surface area contributed by atoms with Crippen molar-refractivity contribution in [2.24, 2.45) is 0 Å². The van der Waals surface area contributed by atoms with Crippen molar-refractivity contribution in [1.82, 2.24) is 0 Å². The van der Waals surface area contributed by atoms with Crippen molar-refractivity contribution in [3.8, 4) is 0 Å². The molecule has 0 atom stereocenters. The van der Waals surface area contributed by atoms with Crippen LogP contribution in [0.15, 0.2) is 30.3 Å². The van der Waals surface area contributed by atoms with Crippen LogP contribution in [0.25, 0.3) is 0 Å². The molecule has 1 rings (SSSR count). The minimum absolute atomic E-state index is 0. The summed E-state index contributed by atoms with van der Waals surface area (Å²) in [7, 11) is 0. The number of hydrogen-bond acceptors (Lipinski definition) is 3. The maximum absolute atomic E-state index is 7.75. The van der Waals surface area contributed by atoms with Crippen LogP contribution in [-0.4, -0.2) is 20.4 Å². The predicted octanol–water partition coefficient (Wildman–Crippen LogP) is 0.581. The van der Waals surface area contributed by atoms with Crippen LogP contribution in [0, 0.1) is 0 Å². The van der Waals surface area contributed by atoms with Gasteiger partial charge in [0.2, 0.25) is 0 Å². The van der Waals surface area contributed by atoms with Crippen LogP contribution in [0.4, 0.5) is 0 Å². The van der Waals surface area contributed by atoms with Crippen molar-refractivity contribution in [2.45, 2.75) is 0 Å². The van der Waals surface area contributed by atoms with Crippen LogP contribution in [0.1, 0.15) is 0 Å². The first-order chi connectivity index (χ1) is 5.50. The molecule has 4 heteroatoms. The van der Waals surface area contributed by atoms with Gasteiger partial charge in [-0.1, -0.05) is 0 Å². The Morgan fingerprint density at radius 3 is 1.08 bits per heavy atom. The summed E-state index contributed by atoms with van der Waals surface area (Å²) in [5.74, 6) is 0. The monoisotopic (exact) mass is 207 g/mol. The first-order valence-electron chi connectivity index (χ1n) is 2.37. The van der Waals surface area contributed by atoms with Gasteiger partial charge < -0.3 is 14.4 Å². The summed E-state index contributed by atoms with van der Waals surface area (Å²) in [4.78, 5) is 23.2. The van der Waals surface area contributed by atoms with E-state index in [9.17, 15) is 0 Å². The minimum atomic E-state index is 0. The topological polar surface area (TPSA) is 51.2 Å². The van der Waals surface area contributed by atoms with E-state index >= 15 is 0 Å². The van der Waals surface area contributed by atoms with Crippen molar-refractivity contribution in [2.75, 3.05) is 0 Å². The predicted molar refractivity (Wildman–Crippen MR) is 42.3 cm³/mol. The fraction of sp³-hybridized carbons (Fsp3) is 0. The van der Waals surface area contributed by atoms with Crippen LogP contribution in [0.3, 0.4) is 0 Å². The van der Waals surface area contributed by atoms with Gasteiger partial charge in [0.05, 0.1) is 0 Å². The second-order valence-electron chi connectivity index (χ2n) is 0.962. The Kier molecular flexibility index (Phi) is 96.8. The van der Waals surface area contributed by atoms with E-state index < -0.39 is 0 Å². The van der Waals surface area contributed by atoms with Gasteiger partial charge in [-0.15, -0.1) is 0 Å². The molecule has 0 amide bonds. The van der Waals surface area contributed by atoms with Crippen molar-refractivity contribution < 1.29 is 31.5 Å². The standard InChI is InChI=1S/C5H5.3CHO.Mn/c1-2-4-5-3-1;3*1-2;/h1-5H;3*1H;/q4*-1;. The second kappa shape index (κ2) is 51.8. The molecule has 0 saturated heterocycles. The molecule has 0 aliphatic carbocycles. The van der Waals surface area contributed by atoms with Crippen LogP contribution in [0.5, 0.6) is 0 Å². The zero-order chi connectivity index (χ0) is 9.54. The maximum atomic E-state index is 7.75.